The Hall–Kier alpha value is -2.95. The number of carbonyl (C=O) groups excluding carboxylic acids is 1. The van der Waals surface area contributed by atoms with E-state index in [0.29, 0.717) is 30.6 Å². The summed E-state index contributed by atoms with van der Waals surface area (Å²) in [6.07, 6.45) is 8.23. The monoisotopic (exact) mass is 337 g/mol. The normalized spacial score (nSPS) is 22.9. The number of aryl methyl sites for hydroxylation is 1. The highest BCUT2D eigenvalue weighted by atomic mass is 16.2. The maximum atomic E-state index is 13.1. The number of nitriles is 1. The van der Waals surface area contributed by atoms with E-state index < -0.39 is 5.41 Å². The SMILES string of the molecule is Cn1cc(Nc2nccc(N3CCC(CC#N)(C4CC4)C3=O)n2)cn1. The molecule has 1 saturated carbocycles. The van der Waals surface area contributed by atoms with Gasteiger partial charge in [-0.25, -0.2) is 4.98 Å². The summed E-state index contributed by atoms with van der Waals surface area (Å²) in [7, 11) is 1.83. The van der Waals surface area contributed by atoms with Gasteiger partial charge in [-0.15, -0.1) is 0 Å². The van der Waals surface area contributed by atoms with Gasteiger partial charge < -0.3 is 5.32 Å². The Bertz CT molecular complexity index is 851. The molecule has 1 N–H and O–H groups in total. The molecular weight excluding hydrogens is 318 g/mol. The molecule has 8 nitrogen and oxygen atoms in total. The average molecular weight is 337 g/mol. The molecule has 1 amide bonds. The van der Waals surface area contributed by atoms with Gasteiger partial charge in [0.25, 0.3) is 0 Å². The third kappa shape index (κ3) is 2.71. The molecule has 25 heavy (non-hydrogen) atoms. The highest BCUT2D eigenvalue weighted by molar-refractivity contribution is 5.99. The van der Waals surface area contributed by atoms with Crippen molar-refractivity contribution in [2.24, 2.45) is 18.4 Å². The van der Waals surface area contributed by atoms with Crippen LogP contribution in [-0.2, 0) is 11.8 Å². The molecule has 2 aromatic rings. The smallest absolute Gasteiger partial charge is 0.235 e. The number of aromatic nitrogens is 4. The van der Waals surface area contributed by atoms with Gasteiger partial charge in [-0.1, -0.05) is 0 Å². The molecule has 1 aliphatic carbocycles. The summed E-state index contributed by atoms with van der Waals surface area (Å²) in [4.78, 5) is 23.4. The quantitative estimate of drug-likeness (QED) is 0.896. The molecule has 2 fully saturated rings. The summed E-state index contributed by atoms with van der Waals surface area (Å²) < 4.78 is 1.68. The topological polar surface area (TPSA) is 99.7 Å². The fraction of sp³-hybridized carbons (Fsp3) is 0.471. The molecule has 1 saturated heterocycles. The van der Waals surface area contributed by atoms with Crippen molar-refractivity contribution in [3.8, 4) is 6.07 Å². The van der Waals surface area contributed by atoms with Crippen LogP contribution in [0.3, 0.4) is 0 Å². The van der Waals surface area contributed by atoms with Gasteiger partial charge in [0, 0.05) is 32.4 Å². The van der Waals surface area contributed by atoms with Crippen molar-refractivity contribution < 1.29 is 4.79 Å². The summed E-state index contributed by atoms with van der Waals surface area (Å²) in [6.45, 7) is 0.598. The average Bonchev–Trinajstić information content (AvgIpc) is 3.30. The number of nitrogens with one attached hydrogen (secondary N) is 1. The Morgan fingerprint density at radius 3 is 3.00 bits per heavy atom. The third-order valence-corrected chi connectivity index (χ3v) is 5.08. The van der Waals surface area contributed by atoms with Crippen LogP contribution in [0.15, 0.2) is 24.7 Å². The van der Waals surface area contributed by atoms with E-state index in [1.54, 1.807) is 28.0 Å². The predicted octanol–water partition coefficient (Wildman–Crippen LogP) is 2.00. The van der Waals surface area contributed by atoms with E-state index >= 15 is 0 Å². The first kappa shape index (κ1) is 15.6. The first-order valence-corrected chi connectivity index (χ1v) is 8.40. The van der Waals surface area contributed by atoms with Crippen LogP contribution < -0.4 is 10.2 Å². The van der Waals surface area contributed by atoms with Crippen molar-refractivity contribution in [2.45, 2.75) is 25.7 Å². The van der Waals surface area contributed by atoms with Gasteiger partial charge in [-0.05, 0) is 31.2 Å². The van der Waals surface area contributed by atoms with Gasteiger partial charge in [0.2, 0.25) is 11.9 Å². The maximum absolute atomic E-state index is 13.1. The minimum Gasteiger partial charge on any atom is -0.321 e. The zero-order valence-corrected chi connectivity index (χ0v) is 14.0. The maximum Gasteiger partial charge on any atom is 0.235 e. The zero-order valence-electron chi connectivity index (χ0n) is 14.0. The van der Waals surface area contributed by atoms with Crippen LogP contribution in [0.5, 0.6) is 0 Å². The third-order valence-electron chi connectivity index (χ3n) is 5.08. The largest absolute Gasteiger partial charge is 0.321 e. The van der Waals surface area contributed by atoms with E-state index in [9.17, 15) is 10.1 Å². The number of rotatable bonds is 5. The molecule has 3 heterocycles. The van der Waals surface area contributed by atoms with Crippen LogP contribution in [0.2, 0.25) is 0 Å². The van der Waals surface area contributed by atoms with E-state index in [4.69, 9.17) is 0 Å². The lowest BCUT2D eigenvalue weighted by atomic mass is 9.78. The Morgan fingerprint density at radius 2 is 2.32 bits per heavy atom. The van der Waals surface area contributed by atoms with E-state index in [-0.39, 0.29) is 5.91 Å². The number of hydrogen-bond donors (Lipinski definition) is 1. The van der Waals surface area contributed by atoms with Crippen LogP contribution in [0.4, 0.5) is 17.5 Å². The number of carbonyl (C=O) groups is 1. The second kappa shape index (κ2) is 5.84. The molecule has 0 bridgehead atoms. The van der Waals surface area contributed by atoms with E-state index in [1.807, 2.05) is 13.2 Å². The number of nitrogens with zero attached hydrogens (tertiary/aromatic N) is 6. The molecule has 2 aromatic heterocycles. The molecule has 1 unspecified atom stereocenters. The highest BCUT2D eigenvalue weighted by Crippen LogP contribution is 2.54. The second-order valence-corrected chi connectivity index (χ2v) is 6.74. The molecule has 1 atom stereocenters. The lowest BCUT2D eigenvalue weighted by Gasteiger charge is -2.24. The summed E-state index contributed by atoms with van der Waals surface area (Å²) in [6, 6.07) is 3.96. The van der Waals surface area contributed by atoms with Gasteiger partial charge in [0.05, 0.1) is 23.4 Å². The van der Waals surface area contributed by atoms with E-state index in [2.05, 4.69) is 26.5 Å². The molecule has 0 aromatic carbocycles. The zero-order chi connectivity index (χ0) is 17.4. The van der Waals surface area contributed by atoms with Crippen molar-refractivity contribution >= 4 is 23.4 Å². The van der Waals surface area contributed by atoms with Crippen LogP contribution in [0.1, 0.15) is 25.7 Å². The van der Waals surface area contributed by atoms with E-state index in [0.717, 1.165) is 24.9 Å². The first-order valence-electron chi connectivity index (χ1n) is 8.40. The second-order valence-electron chi connectivity index (χ2n) is 6.74. The summed E-state index contributed by atoms with van der Waals surface area (Å²) in [5, 5.41) is 16.4. The van der Waals surface area contributed by atoms with Crippen molar-refractivity contribution in [3.63, 3.8) is 0 Å². The van der Waals surface area contributed by atoms with Crippen LogP contribution in [0, 0.1) is 22.7 Å². The van der Waals surface area contributed by atoms with Gasteiger partial charge in [-0.3, -0.25) is 14.4 Å². The molecule has 0 radical (unpaired) electrons. The van der Waals surface area contributed by atoms with Gasteiger partial charge in [0.1, 0.15) is 5.82 Å². The van der Waals surface area contributed by atoms with Crippen LogP contribution >= 0.6 is 0 Å². The molecule has 8 heteroatoms. The molecule has 128 valence electrons. The Kier molecular flexibility index (Phi) is 3.64. The summed E-state index contributed by atoms with van der Waals surface area (Å²) in [5.74, 6) is 1.37. The summed E-state index contributed by atoms with van der Waals surface area (Å²) >= 11 is 0. The molecule has 1 aliphatic heterocycles. The number of amides is 1. The van der Waals surface area contributed by atoms with Crippen molar-refractivity contribution in [1.29, 1.82) is 5.26 Å². The fourth-order valence-corrected chi connectivity index (χ4v) is 3.65. The standard InChI is InChI=1S/C17H19N7O/c1-23-11-13(10-20-23)21-16-19-8-4-14(22-16)24-9-6-17(5-7-18,15(24)25)12-2-3-12/h4,8,10-12H,2-3,5-6,9H2,1H3,(H,19,21,22). The molecule has 2 aliphatic rings. The molecule has 0 spiro atoms. The van der Waals surface area contributed by atoms with Crippen LogP contribution in [0.25, 0.3) is 0 Å². The van der Waals surface area contributed by atoms with Crippen molar-refractivity contribution in [2.75, 3.05) is 16.8 Å². The number of hydrogen-bond acceptors (Lipinski definition) is 6. The number of anilines is 3. The van der Waals surface area contributed by atoms with Crippen molar-refractivity contribution in [3.05, 3.63) is 24.7 Å². The minimum absolute atomic E-state index is 0.0302. The summed E-state index contributed by atoms with van der Waals surface area (Å²) in [5.41, 5.74) is 0.264. The molecule has 4 rings (SSSR count). The lowest BCUT2D eigenvalue weighted by Crippen LogP contribution is -2.36. The van der Waals surface area contributed by atoms with Crippen LogP contribution in [-0.4, -0.2) is 32.2 Å². The predicted molar refractivity (Wildman–Crippen MR) is 90.9 cm³/mol. The highest BCUT2D eigenvalue weighted by Gasteiger charge is 2.56. The van der Waals surface area contributed by atoms with Gasteiger partial charge >= 0.3 is 0 Å². The van der Waals surface area contributed by atoms with Gasteiger partial charge in [-0.2, -0.15) is 15.3 Å². The van der Waals surface area contributed by atoms with Gasteiger partial charge in [0.15, 0.2) is 0 Å². The Morgan fingerprint density at radius 1 is 1.48 bits per heavy atom. The lowest BCUT2D eigenvalue weighted by molar-refractivity contribution is -0.126. The molecular formula is C17H19N7O. The minimum atomic E-state index is -0.517. The Balaban J connectivity index is 1.57. The van der Waals surface area contributed by atoms with Crippen molar-refractivity contribution in [1.82, 2.24) is 19.7 Å². The fourth-order valence-electron chi connectivity index (χ4n) is 3.65. The Labute approximate surface area is 145 Å². The van der Waals surface area contributed by atoms with E-state index in [1.165, 1.54) is 0 Å². The first-order chi connectivity index (χ1) is 12.1.